The van der Waals surface area contributed by atoms with E-state index in [0.717, 1.165) is 32.9 Å². The van der Waals surface area contributed by atoms with Gasteiger partial charge in [0.05, 0.1) is 5.41 Å². The van der Waals surface area contributed by atoms with E-state index in [9.17, 15) is 0 Å². The van der Waals surface area contributed by atoms with Gasteiger partial charge in [0.1, 0.15) is 0 Å². The van der Waals surface area contributed by atoms with Gasteiger partial charge < -0.3 is 0 Å². The molecule has 0 saturated carbocycles. The number of hydrogen-bond donors (Lipinski definition) is 0. The normalized spacial score (nSPS) is 14.5. The lowest BCUT2D eigenvalue weighted by Gasteiger charge is -2.33. The van der Waals surface area contributed by atoms with Crippen LogP contribution in [0.2, 0.25) is 0 Å². The van der Waals surface area contributed by atoms with Gasteiger partial charge >= 0.3 is 0 Å². The van der Waals surface area contributed by atoms with Crippen LogP contribution in [0.1, 0.15) is 153 Å². The number of ketones is 1. The van der Waals surface area contributed by atoms with Crippen molar-refractivity contribution >= 4 is 37.6 Å². The van der Waals surface area contributed by atoms with Crippen LogP contribution in [-0.4, -0.2) is 5.78 Å². The molecule has 0 fully saturated rings. The van der Waals surface area contributed by atoms with Gasteiger partial charge in [-0.05, 0) is 116 Å². The number of benzene rings is 6. The topological polar surface area (TPSA) is 17.1 Å². The molecule has 0 N–H and O–H groups in total. The number of carbonyl (C=O) groups is 1. The van der Waals surface area contributed by atoms with E-state index in [-0.39, 0.29) is 11.2 Å². The highest BCUT2D eigenvalue weighted by Gasteiger charge is 2.52. The zero-order valence-electron chi connectivity index (χ0n) is 34.1. The van der Waals surface area contributed by atoms with E-state index in [1.54, 1.807) is 0 Å². The Labute approximate surface area is 363 Å². The minimum Gasteiger partial charge on any atom is -0.289 e. The summed E-state index contributed by atoms with van der Waals surface area (Å²) in [6.07, 6.45) is 17.7. The molecule has 0 unspecified atom stereocenters. The second kappa shape index (κ2) is 16.5. The molecule has 9 rings (SSSR count). The quantitative estimate of drug-likeness (QED) is 0.0698. The van der Waals surface area contributed by atoms with E-state index >= 15 is 4.79 Å². The van der Waals surface area contributed by atoms with E-state index in [0.29, 0.717) is 0 Å². The third kappa shape index (κ3) is 6.51. The van der Waals surface area contributed by atoms with Crippen molar-refractivity contribution in [1.29, 1.82) is 0 Å². The highest BCUT2D eigenvalue weighted by Crippen LogP contribution is 2.63. The summed E-state index contributed by atoms with van der Waals surface area (Å²) >= 11 is 7.69. The van der Waals surface area contributed by atoms with Crippen LogP contribution < -0.4 is 0 Å². The fourth-order valence-corrected chi connectivity index (χ4v) is 11.8. The molecule has 0 amide bonds. The number of carbonyl (C=O) groups excluding carboxylic acids is 1. The van der Waals surface area contributed by atoms with E-state index in [1.165, 1.54) is 144 Å². The Kier molecular flexibility index (Phi) is 11.2. The van der Waals surface area contributed by atoms with Crippen LogP contribution >= 0.6 is 31.9 Å². The first-order valence-electron chi connectivity index (χ1n) is 22.1. The predicted octanol–water partition coefficient (Wildman–Crippen LogP) is 16.6. The zero-order valence-corrected chi connectivity index (χ0v) is 37.3. The van der Waals surface area contributed by atoms with Gasteiger partial charge in [0.2, 0.25) is 0 Å². The van der Waals surface area contributed by atoms with Gasteiger partial charge in [-0.1, -0.05) is 208 Å². The Morgan fingerprint density at radius 2 is 0.810 bits per heavy atom. The first-order chi connectivity index (χ1) is 28.4. The molecular weight excluding hydrogens is 836 g/mol. The van der Waals surface area contributed by atoms with Crippen molar-refractivity contribution in [3.8, 4) is 33.4 Å². The van der Waals surface area contributed by atoms with Crippen molar-refractivity contribution in [2.24, 2.45) is 0 Å². The Morgan fingerprint density at radius 1 is 0.414 bits per heavy atom. The van der Waals surface area contributed by atoms with Gasteiger partial charge in [0.25, 0.3) is 0 Å². The summed E-state index contributed by atoms with van der Waals surface area (Å²) in [5, 5.41) is 0. The molecule has 294 valence electrons. The molecule has 6 aromatic carbocycles. The summed E-state index contributed by atoms with van der Waals surface area (Å²) in [5.74, 6) is 0.0996. The maximum absolute atomic E-state index is 15.1. The van der Waals surface area contributed by atoms with Crippen LogP contribution in [-0.2, 0) is 10.8 Å². The standard InChI is InChI=1S/C55H54Br2O/c1-3-5-7-9-11-17-31-54(32-18-12-10-8-6-4-2)47-21-15-13-19-41(47)43-27-23-37(33-49(43)54)53(58)38-24-28-44-42-20-14-16-22-48(42)55(50(44)34-38)51-35-39(56)25-29-45(51)46-30-26-40(57)36-52(46)55/h13-16,19-30,33-36H,3-12,17-18,31-32H2,1-2H3. The minimum atomic E-state index is -0.538. The summed E-state index contributed by atoms with van der Waals surface area (Å²) in [4.78, 5) is 15.1. The number of unbranched alkanes of at least 4 members (excludes halogenated alkanes) is 10. The van der Waals surface area contributed by atoms with Crippen molar-refractivity contribution < 1.29 is 4.79 Å². The highest BCUT2D eigenvalue weighted by atomic mass is 79.9. The number of hydrogen-bond acceptors (Lipinski definition) is 1. The maximum Gasteiger partial charge on any atom is 0.193 e. The molecular formula is C55H54Br2O. The first-order valence-corrected chi connectivity index (χ1v) is 23.6. The molecule has 0 radical (unpaired) electrons. The molecule has 3 aliphatic carbocycles. The predicted molar refractivity (Wildman–Crippen MR) is 250 cm³/mol. The van der Waals surface area contributed by atoms with Gasteiger partial charge in [-0.3, -0.25) is 4.79 Å². The van der Waals surface area contributed by atoms with Crippen LogP contribution in [0.15, 0.2) is 130 Å². The lowest BCUT2D eigenvalue weighted by molar-refractivity contribution is 0.103. The van der Waals surface area contributed by atoms with Gasteiger partial charge in [0.15, 0.2) is 5.78 Å². The summed E-state index contributed by atoms with van der Waals surface area (Å²) in [7, 11) is 0. The van der Waals surface area contributed by atoms with Gasteiger partial charge in [-0.15, -0.1) is 0 Å². The van der Waals surface area contributed by atoms with E-state index in [4.69, 9.17) is 0 Å². The van der Waals surface area contributed by atoms with Crippen LogP contribution in [0.3, 0.4) is 0 Å². The number of halogens is 2. The van der Waals surface area contributed by atoms with E-state index in [1.807, 2.05) is 0 Å². The summed E-state index contributed by atoms with van der Waals surface area (Å²) in [6.45, 7) is 4.59. The lowest BCUT2D eigenvalue weighted by Crippen LogP contribution is -2.26. The van der Waals surface area contributed by atoms with E-state index in [2.05, 4.69) is 167 Å². The molecule has 1 nitrogen and oxygen atoms in total. The largest absolute Gasteiger partial charge is 0.289 e. The Morgan fingerprint density at radius 3 is 1.36 bits per heavy atom. The monoisotopic (exact) mass is 888 g/mol. The Balaban J connectivity index is 1.14. The molecule has 58 heavy (non-hydrogen) atoms. The first kappa shape index (κ1) is 39.4. The van der Waals surface area contributed by atoms with Crippen LogP contribution in [0.4, 0.5) is 0 Å². The van der Waals surface area contributed by atoms with Gasteiger partial charge in [-0.25, -0.2) is 0 Å². The smallest absolute Gasteiger partial charge is 0.193 e. The Hall–Kier alpha value is -4.05. The molecule has 1 spiro atoms. The summed E-state index contributed by atoms with van der Waals surface area (Å²) in [6, 6.07) is 44.6. The third-order valence-electron chi connectivity index (χ3n) is 13.8. The molecule has 0 aromatic heterocycles. The molecule has 0 atom stereocenters. The fraction of sp³-hybridized carbons (Fsp3) is 0.327. The van der Waals surface area contributed by atoms with Crippen LogP contribution in [0.25, 0.3) is 33.4 Å². The average molecular weight is 891 g/mol. The second-order valence-corrected chi connectivity index (χ2v) is 19.0. The van der Waals surface area contributed by atoms with Crippen molar-refractivity contribution in [3.63, 3.8) is 0 Å². The average Bonchev–Trinajstić information content (AvgIpc) is 3.81. The lowest BCUT2D eigenvalue weighted by atomic mass is 9.70. The summed E-state index contributed by atoms with van der Waals surface area (Å²) < 4.78 is 2.11. The number of fused-ring (bicyclic) bond motifs is 13. The van der Waals surface area contributed by atoms with E-state index < -0.39 is 5.41 Å². The number of rotatable bonds is 16. The second-order valence-electron chi connectivity index (χ2n) is 17.2. The van der Waals surface area contributed by atoms with Gasteiger partial charge in [-0.2, -0.15) is 0 Å². The van der Waals surface area contributed by atoms with Gasteiger partial charge in [0, 0.05) is 25.5 Å². The Bertz CT molecular complexity index is 2440. The van der Waals surface area contributed by atoms with Crippen molar-refractivity contribution in [2.75, 3.05) is 0 Å². The molecule has 6 aromatic rings. The van der Waals surface area contributed by atoms with Crippen LogP contribution in [0.5, 0.6) is 0 Å². The molecule has 0 bridgehead atoms. The third-order valence-corrected chi connectivity index (χ3v) is 14.8. The molecule has 0 heterocycles. The molecule has 0 aliphatic heterocycles. The van der Waals surface area contributed by atoms with Crippen molar-refractivity contribution in [3.05, 3.63) is 175 Å². The zero-order chi connectivity index (χ0) is 39.9. The van der Waals surface area contributed by atoms with Crippen LogP contribution in [0, 0.1) is 0 Å². The molecule has 0 saturated heterocycles. The van der Waals surface area contributed by atoms with Crippen molar-refractivity contribution in [1.82, 2.24) is 0 Å². The SMILES string of the molecule is CCCCCCCCC1(CCCCCCCC)c2ccccc2-c2ccc(C(=O)c3ccc4c(c3)C3(c5ccccc5-4)c4cc(Br)ccc4-c4ccc(Br)cc43)cc21. The fourth-order valence-electron chi connectivity index (χ4n) is 11.1. The maximum atomic E-state index is 15.1. The van der Waals surface area contributed by atoms with Crippen molar-refractivity contribution in [2.45, 2.75) is 115 Å². The minimum absolute atomic E-state index is 0.0700. The summed E-state index contributed by atoms with van der Waals surface area (Å²) in [5.41, 5.74) is 16.4. The highest BCUT2D eigenvalue weighted by molar-refractivity contribution is 9.10. The molecule has 3 heteroatoms. The molecule has 3 aliphatic rings.